The van der Waals surface area contributed by atoms with Gasteiger partial charge in [-0.3, -0.25) is 0 Å². The molecular formula is C17H24ClNO2S. The molecule has 122 valence electrons. The van der Waals surface area contributed by atoms with Crippen LogP contribution in [0.5, 0.6) is 0 Å². The summed E-state index contributed by atoms with van der Waals surface area (Å²) in [6.45, 7) is 3.99. The fourth-order valence-corrected chi connectivity index (χ4v) is 3.39. The number of aryl methyl sites for hydroxylation is 1. The van der Waals surface area contributed by atoms with Gasteiger partial charge in [0.1, 0.15) is 6.10 Å². The zero-order valence-electron chi connectivity index (χ0n) is 12.9. The molecule has 0 fully saturated rings. The maximum absolute atomic E-state index is 10.4. The summed E-state index contributed by atoms with van der Waals surface area (Å²) in [6.07, 6.45) is 0.194. The van der Waals surface area contributed by atoms with Gasteiger partial charge in [-0.25, -0.2) is 0 Å². The second kappa shape index (κ2) is 9.28. The Balaban J connectivity index is 0.00000242. The number of nitrogens with one attached hydrogen (secondary N) is 1. The molecule has 3 nitrogen and oxygen atoms in total. The molecule has 2 rings (SSSR count). The molecule has 0 spiro atoms. The lowest BCUT2D eigenvalue weighted by Crippen LogP contribution is -2.43. The Kier molecular flexibility index (Phi) is 8.07. The Bertz CT molecular complexity index is 547. The lowest BCUT2D eigenvalue weighted by molar-refractivity contribution is 0.0869. The molecule has 0 radical (unpaired) electrons. The summed E-state index contributed by atoms with van der Waals surface area (Å²) < 4.78 is 0. The monoisotopic (exact) mass is 341 g/mol. The van der Waals surface area contributed by atoms with E-state index in [2.05, 4.69) is 24.4 Å². The predicted octanol–water partition coefficient (Wildman–Crippen LogP) is 3.09. The van der Waals surface area contributed by atoms with Gasteiger partial charge in [0.2, 0.25) is 0 Å². The number of hydrogen-bond donors (Lipinski definition) is 3. The van der Waals surface area contributed by atoms with Crippen molar-refractivity contribution in [3.63, 3.8) is 0 Å². The van der Waals surface area contributed by atoms with Crippen LogP contribution in [0.4, 0.5) is 0 Å². The minimum atomic E-state index is -0.674. The Hall–Kier alpha value is -0.910. The first kappa shape index (κ1) is 19.1. The van der Waals surface area contributed by atoms with Crippen LogP contribution < -0.4 is 5.32 Å². The van der Waals surface area contributed by atoms with Gasteiger partial charge in [-0.05, 0) is 42.8 Å². The van der Waals surface area contributed by atoms with Gasteiger partial charge in [-0.15, -0.1) is 23.7 Å². The quantitative estimate of drug-likeness (QED) is 0.725. The van der Waals surface area contributed by atoms with Gasteiger partial charge in [0.05, 0.1) is 12.6 Å². The summed E-state index contributed by atoms with van der Waals surface area (Å²) in [5, 5.41) is 25.3. The average Bonchev–Trinajstić information content (AvgIpc) is 2.91. The van der Waals surface area contributed by atoms with Crippen LogP contribution in [0.2, 0.25) is 0 Å². The van der Waals surface area contributed by atoms with E-state index in [1.54, 1.807) is 0 Å². The van der Waals surface area contributed by atoms with Crippen LogP contribution in [0.3, 0.4) is 0 Å². The molecule has 1 unspecified atom stereocenters. The van der Waals surface area contributed by atoms with Crippen molar-refractivity contribution in [3.8, 4) is 0 Å². The standard InChI is InChI=1S/C17H23NO2S.ClH/c1-12-8-16(21-11-12)17(20)15(10-19)18-13(2)9-14-6-4-3-5-7-14;/h3-8,11,13,15,17-20H,9-10H2,1-2H3;1H/t13?,15-,17-;/m0./s1. The first-order valence-corrected chi connectivity index (χ1v) is 8.12. The van der Waals surface area contributed by atoms with E-state index < -0.39 is 6.10 Å². The Morgan fingerprint density at radius 1 is 1.23 bits per heavy atom. The maximum atomic E-state index is 10.4. The summed E-state index contributed by atoms with van der Waals surface area (Å²) >= 11 is 1.53. The number of aliphatic hydroxyl groups excluding tert-OH is 2. The zero-order valence-corrected chi connectivity index (χ0v) is 14.5. The van der Waals surface area contributed by atoms with Gasteiger partial charge in [-0.2, -0.15) is 0 Å². The summed E-state index contributed by atoms with van der Waals surface area (Å²) in [6, 6.07) is 12.0. The van der Waals surface area contributed by atoms with Crippen molar-refractivity contribution >= 4 is 23.7 Å². The topological polar surface area (TPSA) is 52.5 Å². The first-order chi connectivity index (χ1) is 10.1. The van der Waals surface area contributed by atoms with Crippen LogP contribution in [-0.4, -0.2) is 28.9 Å². The van der Waals surface area contributed by atoms with Crippen LogP contribution in [-0.2, 0) is 6.42 Å². The molecule has 5 heteroatoms. The summed E-state index contributed by atoms with van der Waals surface area (Å²) in [5.41, 5.74) is 2.39. The SMILES string of the molecule is Cc1csc([C@@H](O)[C@H](CO)NC(C)Cc2ccccc2)c1.Cl. The van der Waals surface area contributed by atoms with Crippen molar-refractivity contribution in [1.29, 1.82) is 0 Å². The number of halogens is 1. The van der Waals surface area contributed by atoms with E-state index in [0.717, 1.165) is 16.9 Å². The molecular weight excluding hydrogens is 318 g/mol. The van der Waals surface area contributed by atoms with E-state index in [1.807, 2.05) is 36.6 Å². The predicted molar refractivity (Wildman–Crippen MR) is 94.9 cm³/mol. The van der Waals surface area contributed by atoms with Crippen molar-refractivity contribution < 1.29 is 10.2 Å². The van der Waals surface area contributed by atoms with Crippen molar-refractivity contribution in [3.05, 3.63) is 57.8 Å². The van der Waals surface area contributed by atoms with Crippen LogP contribution in [0.1, 0.15) is 29.0 Å². The highest BCUT2D eigenvalue weighted by Crippen LogP contribution is 2.24. The second-order valence-electron chi connectivity index (χ2n) is 5.52. The summed E-state index contributed by atoms with van der Waals surface area (Å²) in [4.78, 5) is 0.894. The van der Waals surface area contributed by atoms with E-state index >= 15 is 0 Å². The smallest absolute Gasteiger partial charge is 0.106 e. The average molecular weight is 342 g/mol. The second-order valence-corrected chi connectivity index (χ2v) is 6.46. The molecule has 3 atom stereocenters. The fraction of sp³-hybridized carbons (Fsp3) is 0.412. The Morgan fingerprint density at radius 2 is 1.91 bits per heavy atom. The van der Waals surface area contributed by atoms with Crippen LogP contribution in [0.25, 0.3) is 0 Å². The molecule has 2 aromatic rings. The Labute approximate surface area is 142 Å². The molecule has 0 amide bonds. The molecule has 0 saturated carbocycles. The molecule has 0 aliphatic rings. The van der Waals surface area contributed by atoms with Crippen molar-refractivity contribution in [2.45, 2.75) is 38.5 Å². The van der Waals surface area contributed by atoms with Crippen LogP contribution in [0.15, 0.2) is 41.8 Å². The number of hydrogen-bond acceptors (Lipinski definition) is 4. The lowest BCUT2D eigenvalue weighted by Gasteiger charge is -2.25. The zero-order chi connectivity index (χ0) is 15.2. The van der Waals surface area contributed by atoms with E-state index in [0.29, 0.717) is 0 Å². The van der Waals surface area contributed by atoms with Crippen molar-refractivity contribution in [2.24, 2.45) is 0 Å². The van der Waals surface area contributed by atoms with E-state index in [9.17, 15) is 10.2 Å². The molecule has 1 aromatic heterocycles. The molecule has 22 heavy (non-hydrogen) atoms. The molecule has 0 saturated heterocycles. The summed E-state index contributed by atoms with van der Waals surface area (Å²) in [5.74, 6) is 0. The Morgan fingerprint density at radius 3 is 2.45 bits per heavy atom. The number of rotatable bonds is 7. The third-order valence-electron chi connectivity index (χ3n) is 3.50. The molecule has 0 aliphatic carbocycles. The normalized spacial score (nSPS) is 14.9. The molecule has 0 aliphatic heterocycles. The van der Waals surface area contributed by atoms with E-state index in [4.69, 9.17) is 0 Å². The van der Waals surface area contributed by atoms with Gasteiger partial charge >= 0.3 is 0 Å². The van der Waals surface area contributed by atoms with Gasteiger partial charge in [-0.1, -0.05) is 30.3 Å². The fourth-order valence-electron chi connectivity index (χ4n) is 2.44. The minimum absolute atomic E-state index is 0. The first-order valence-electron chi connectivity index (χ1n) is 7.24. The number of aliphatic hydroxyl groups is 2. The highest BCUT2D eigenvalue weighted by atomic mass is 35.5. The maximum Gasteiger partial charge on any atom is 0.106 e. The number of benzene rings is 1. The molecule has 1 heterocycles. The van der Waals surface area contributed by atoms with Crippen molar-refractivity contribution in [1.82, 2.24) is 5.32 Å². The van der Waals surface area contributed by atoms with Crippen LogP contribution >= 0.6 is 23.7 Å². The third kappa shape index (κ3) is 5.38. The molecule has 1 aromatic carbocycles. The summed E-state index contributed by atoms with van der Waals surface area (Å²) in [7, 11) is 0. The lowest BCUT2D eigenvalue weighted by atomic mass is 10.0. The molecule has 3 N–H and O–H groups in total. The van der Waals surface area contributed by atoms with E-state index in [-0.39, 0.29) is 31.1 Å². The number of thiophene rings is 1. The van der Waals surface area contributed by atoms with Gasteiger partial charge in [0.15, 0.2) is 0 Å². The highest BCUT2D eigenvalue weighted by Gasteiger charge is 2.23. The van der Waals surface area contributed by atoms with Gasteiger partial charge < -0.3 is 15.5 Å². The minimum Gasteiger partial charge on any atom is -0.395 e. The largest absolute Gasteiger partial charge is 0.395 e. The van der Waals surface area contributed by atoms with Crippen LogP contribution in [0, 0.1) is 6.92 Å². The molecule has 0 bridgehead atoms. The van der Waals surface area contributed by atoms with Gasteiger partial charge in [0, 0.05) is 10.9 Å². The highest BCUT2D eigenvalue weighted by molar-refractivity contribution is 7.10. The van der Waals surface area contributed by atoms with Gasteiger partial charge in [0.25, 0.3) is 0 Å². The van der Waals surface area contributed by atoms with E-state index in [1.165, 1.54) is 16.9 Å². The van der Waals surface area contributed by atoms with Crippen molar-refractivity contribution in [2.75, 3.05) is 6.61 Å². The third-order valence-corrected chi connectivity index (χ3v) is 4.62.